The lowest BCUT2D eigenvalue weighted by molar-refractivity contribution is -0.120. The molecule has 0 radical (unpaired) electrons. The van der Waals surface area contributed by atoms with Gasteiger partial charge in [-0.15, -0.1) is 0 Å². The molecule has 2 aromatic rings. The van der Waals surface area contributed by atoms with Crippen molar-refractivity contribution in [3.63, 3.8) is 0 Å². The van der Waals surface area contributed by atoms with E-state index in [1.807, 2.05) is 13.8 Å². The maximum atomic E-state index is 12.1. The summed E-state index contributed by atoms with van der Waals surface area (Å²) >= 11 is 1.31. The number of carbonyl (C=O) groups excluding carboxylic acids is 1. The molecular weight excluding hydrogens is 286 g/mol. The van der Waals surface area contributed by atoms with Crippen molar-refractivity contribution in [2.75, 3.05) is 5.73 Å². The molecule has 0 spiro atoms. The molecule has 2 unspecified atom stereocenters. The smallest absolute Gasteiger partial charge is 0.257 e. The quantitative estimate of drug-likeness (QED) is 0.632. The highest BCUT2D eigenvalue weighted by Gasteiger charge is 2.19. The molecule has 6 heteroatoms. The number of benzene rings is 1. The van der Waals surface area contributed by atoms with Gasteiger partial charge in [-0.3, -0.25) is 4.79 Å². The fourth-order valence-corrected chi connectivity index (χ4v) is 2.81. The molecule has 1 aromatic carbocycles. The third kappa shape index (κ3) is 4.14. The van der Waals surface area contributed by atoms with E-state index in [1.165, 1.54) is 11.8 Å². The van der Waals surface area contributed by atoms with Gasteiger partial charge in [0.2, 0.25) is 5.91 Å². The van der Waals surface area contributed by atoms with Gasteiger partial charge in [-0.2, -0.15) is 0 Å². The van der Waals surface area contributed by atoms with Gasteiger partial charge in [0.25, 0.3) is 5.22 Å². The molecule has 1 heterocycles. The van der Waals surface area contributed by atoms with Gasteiger partial charge in [0.1, 0.15) is 5.52 Å². The number of hydrogen-bond acceptors (Lipinski definition) is 5. The van der Waals surface area contributed by atoms with Crippen molar-refractivity contribution >= 4 is 34.5 Å². The van der Waals surface area contributed by atoms with Gasteiger partial charge in [-0.1, -0.05) is 25.1 Å². The molecular formula is C15H21N3O2S. The first-order valence-electron chi connectivity index (χ1n) is 7.12. The topological polar surface area (TPSA) is 81.2 Å². The Morgan fingerprint density at radius 1 is 1.48 bits per heavy atom. The Morgan fingerprint density at radius 3 is 2.95 bits per heavy atom. The minimum absolute atomic E-state index is 0.00252. The van der Waals surface area contributed by atoms with Gasteiger partial charge in [-0.25, -0.2) is 4.98 Å². The average Bonchev–Trinajstić information content (AvgIpc) is 2.80. The number of amides is 1. The zero-order valence-electron chi connectivity index (χ0n) is 12.6. The number of nitrogens with two attached hydrogens (primary N) is 1. The molecule has 0 saturated carbocycles. The molecule has 114 valence electrons. The molecule has 0 bridgehead atoms. The first-order chi connectivity index (χ1) is 9.99. The Labute approximate surface area is 128 Å². The molecule has 0 aliphatic heterocycles. The monoisotopic (exact) mass is 307 g/mol. The second-order valence-corrected chi connectivity index (χ2v) is 6.46. The summed E-state index contributed by atoms with van der Waals surface area (Å²) in [5.74, 6) is 0.00252. The summed E-state index contributed by atoms with van der Waals surface area (Å²) in [5, 5.41) is 3.23. The van der Waals surface area contributed by atoms with Crippen molar-refractivity contribution in [3.05, 3.63) is 18.2 Å². The molecule has 2 atom stereocenters. The van der Waals surface area contributed by atoms with E-state index < -0.39 is 0 Å². The Hall–Kier alpha value is -1.69. The summed E-state index contributed by atoms with van der Waals surface area (Å²) in [7, 11) is 0. The van der Waals surface area contributed by atoms with Crippen LogP contribution in [0.3, 0.4) is 0 Å². The Balaban J connectivity index is 2.00. The Bertz CT molecular complexity index is 626. The van der Waals surface area contributed by atoms with E-state index in [9.17, 15) is 4.79 Å². The van der Waals surface area contributed by atoms with Crippen molar-refractivity contribution in [1.29, 1.82) is 0 Å². The Kier molecular flexibility index (Phi) is 5.12. The standard InChI is InChI=1S/C15H21N3O2S/c1-4-5-9(2)17-14(19)10(3)21-15-18-12-8-11(16)6-7-13(12)20-15/h6-10H,4-5,16H2,1-3H3,(H,17,19). The SMILES string of the molecule is CCCC(C)NC(=O)C(C)Sc1nc2cc(N)ccc2o1. The fraction of sp³-hybridized carbons (Fsp3) is 0.467. The second kappa shape index (κ2) is 6.85. The van der Waals surface area contributed by atoms with Crippen molar-refractivity contribution in [3.8, 4) is 0 Å². The molecule has 0 fully saturated rings. The van der Waals surface area contributed by atoms with Crippen LogP contribution >= 0.6 is 11.8 Å². The van der Waals surface area contributed by atoms with E-state index in [0.717, 1.165) is 12.8 Å². The lowest BCUT2D eigenvalue weighted by Crippen LogP contribution is -2.37. The van der Waals surface area contributed by atoms with Crippen LogP contribution in [0, 0.1) is 0 Å². The lowest BCUT2D eigenvalue weighted by Gasteiger charge is -2.15. The number of hydrogen-bond donors (Lipinski definition) is 2. The number of fused-ring (bicyclic) bond motifs is 1. The summed E-state index contributed by atoms with van der Waals surface area (Å²) in [6.07, 6.45) is 2.03. The number of nitrogens with zero attached hydrogens (tertiary/aromatic N) is 1. The van der Waals surface area contributed by atoms with Crippen LogP contribution in [-0.4, -0.2) is 22.2 Å². The van der Waals surface area contributed by atoms with Crippen LogP contribution in [0.15, 0.2) is 27.8 Å². The van der Waals surface area contributed by atoms with E-state index in [2.05, 4.69) is 17.2 Å². The van der Waals surface area contributed by atoms with Crippen molar-refractivity contribution < 1.29 is 9.21 Å². The third-order valence-corrected chi connectivity index (χ3v) is 4.09. The highest BCUT2D eigenvalue weighted by molar-refractivity contribution is 8.00. The highest BCUT2D eigenvalue weighted by Crippen LogP contribution is 2.27. The number of carbonyl (C=O) groups is 1. The van der Waals surface area contributed by atoms with Crippen LogP contribution in [0.1, 0.15) is 33.6 Å². The van der Waals surface area contributed by atoms with Crippen LogP contribution in [-0.2, 0) is 4.79 Å². The predicted octanol–water partition coefficient (Wildman–Crippen LogP) is 3.20. The third-order valence-electron chi connectivity index (χ3n) is 3.15. The summed E-state index contributed by atoms with van der Waals surface area (Å²) in [6.45, 7) is 5.97. The molecule has 0 aliphatic rings. The number of nitrogens with one attached hydrogen (secondary N) is 1. The number of anilines is 1. The van der Waals surface area contributed by atoms with E-state index in [1.54, 1.807) is 18.2 Å². The van der Waals surface area contributed by atoms with E-state index in [0.29, 0.717) is 22.0 Å². The molecule has 5 nitrogen and oxygen atoms in total. The highest BCUT2D eigenvalue weighted by atomic mass is 32.2. The van der Waals surface area contributed by atoms with Crippen LogP contribution in [0.5, 0.6) is 0 Å². The molecule has 2 rings (SSSR count). The van der Waals surface area contributed by atoms with Gasteiger partial charge in [0.05, 0.1) is 5.25 Å². The molecule has 0 saturated heterocycles. The van der Waals surface area contributed by atoms with Crippen molar-refractivity contribution in [2.45, 2.75) is 50.1 Å². The van der Waals surface area contributed by atoms with Crippen LogP contribution < -0.4 is 11.1 Å². The van der Waals surface area contributed by atoms with Gasteiger partial charge in [-0.05, 0) is 38.5 Å². The lowest BCUT2D eigenvalue weighted by atomic mass is 10.2. The van der Waals surface area contributed by atoms with Gasteiger partial charge in [0, 0.05) is 11.7 Å². The molecule has 21 heavy (non-hydrogen) atoms. The molecule has 3 N–H and O–H groups in total. The minimum Gasteiger partial charge on any atom is -0.431 e. The normalized spacial score (nSPS) is 14.0. The minimum atomic E-state index is -0.255. The molecule has 1 amide bonds. The average molecular weight is 307 g/mol. The molecule has 0 aliphatic carbocycles. The number of rotatable bonds is 6. The Morgan fingerprint density at radius 2 is 2.24 bits per heavy atom. The van der Waals surface area contributed by atoms with Crippen LogP contribution in [0.2, 0.25) is 0 Å². The number of thioether (sulfide) groups is 1. The van der Waals surface area contributed by atoms with Gasteiger partial charge < -0.3 is 15.5 Å². The van der Waals surface area contributed by atoms with E-state index in [-0.39, 0.29) is 17.2 Å². The van der Waals surface area contributed by atoms with E-state index in [4.69, 9.17) is 10.2 Å². The maximum absolute atomic E-state index is 12.1. The largest absolute Gasteiger partial charge is 0.431 e. The van der Waals surface area contributed by atoms with Crippen LogP contribution in [0.4, 0.5) is 5.69 Å². The first kappa shape index (κ1) is 15.7. The summed E-state index contributed by atoms with van der Waals surface area (Å²) in [4.78, 5) is 16.4. The first-order valence-corrected chi connectivity index (χ1v) is 8.00. The van der Waals surface area contributed by atoms with Crippen molar-refractivity contribution in [1.82, 2.24) is 10.3 Å². The number of aromatic nitrogens is 1. The zero-order chi connectivity index (χ0) is 15.4. The van der Waals surface area contributed by atoms with Crippen molar-refractivity contribution in [2.24, 2.45) is 0 Å². The molecule has 1 aromatic heterocycles. The predicted molar refractivity (Wildman–Crippen MR) is 86.3 cm³/mol. The summed E-state index contributed by atoms with van der Waals surface area (Å²) in [6, 6.07) is 5.51. The zero-order valence-corrected chi connectivity index (χ0v) is 13.4. The summed E-state index contributed by atoms with van der Waals surface area (Å²) < 4.78 is 5.61. The summed E-state index contributed by atoms with van der Waals surface area (Å²) in [5.41, 5.74) is 7.75. The van der Waals surface area contributed by atoms with E-state index >= 15 is 0 Å². The fourth-order valence-electron chi connectivity index (χ4n) is 2.04. The maximum Gasteiger partial charge on any atom is 0.257 e. The van der Waals surface area contributed by atoms with Gasteiger partial charge in [0.15, 0.2) is 5.58 Å². The number of nitrogen functional groups attached to an aromatic ring is 1. The second-order valence-electron chi connectivity index (χ2n) is 5.17. The van der Waals surface area contributed by atoms with Crippen LogP contribution in [0.25, 0.3) is 11.1 Å². The van der Waals surface area contributed by atoms with Gasteiger partial charge >= 0.3 is 0 Å². The number of oxazole rings is 1.